The first-order valence-corrected chi connectivity index (χ1v) is 12.5. The number of fused-ring (bicyclic) bond motifs is 1. The minimum absolute atomic E-state index is 0.139. The molecule has 0 saturated heterocycles. The normalized spacial score (nSPS) is 13.7. The van der Waals surface area contributed by atoms with Crippen LogP contribution in [0.3, 0.4) is 0 Å². The maximum absolute atomic E-state index is 15.0. The number of rotatable bonds is 8. The average Bonchev–Trinajstić information content (AvgIpc) is 2.78. The van der Waals surface area contributed by atoms with Crippen molar-refractivity contribution in [1.82, 2.24) is 14.9 Å². The first-order valence-electron chi connectivity index (χ1n) is 10.6. The fourth-order valence-corrected chi connectivity index (χ4v) is 4.63. The predicted octanol–water partition coefficient (Wildman–Crippen LogP) is 2.57. The molecular weight excluding hydrogens is 461 g/mol. The zero-order valence-electron chi connectivity index (χ0n) is 19.5. The molecule has 3 aromatic rings. The molecule has 34 heavy (non-hydrogen) atoms. The molecule has 1 unspecified atom stereocenters. The Morgan fingerprint density at radius 3 is 2.29 bits per heavy atom. The molecule has 0 aliphatic heterocycles. The Morgan fingerprint density at radius 2 is 1.74 bits per heavy atom. The molecule has 0 spiro atoms. The molecule has 2 aromatic carbocycles. The Bertz CT molecular complexity index is 1380. The lowest BCUT2D eigenvalue weighted by atomic mass is 10.0. The third kappa shape index (κ3) is 5.03. The number of amides is 1. The molecule has 0 saturated carbocycles. The second kappa shape index (κ2) is 9.65. The van der Waals surface area contributed by atoms with Gasteiger partial charge in [0.15, 0.2) is 14.6 Å². The fourth-order valence-electron chi connectivity index (χ4n) is 3.78. The number of aryl methyl sites for hydroxylation is 1. The number of nitrogens with one attached hydrogen (secondary N) is 1. The maximum atomic E-state index is 15.0. The van der Waals surface area contributed by atoms with Crippen LogP contribution in [0.2, 0.25) is 0 Å². The van der Waals surface area contributed by atoms with Gasteiger partial charge in [-0.2, -0.15) is 0 Å². The summed E-state index contributed by atoms with van der Waals surface area (Å²) < 4.78 is 38.4. The summed E-state index contributed by atoms with van der Waals surface area (Å²) in [5.41, 5.74) is 3.62. The van der Waals surface area contributed by atoms with Crippen molar-refractivity contribution in [3.05, 3.63) is 70.4 Å². The summed E-state index contributed by atoms with van der Waals surface area (Å²) in [5, 5.41) is 9.24. The number of sulfone groups is 1. The van der Waals surface area contributed by atoms with Crippen molar-refractivity contribution in [3.8, 4) is 11.1 Å². The van der Waals surface area contributed by atoms with Crippen LogP contribution >= 0.6 is 0 Å². The summed E-state index contributed by atoms with van der Waals surface area (Å²) >= 11 is 0. The molecule has 0 radical (unpaired) electrons. The largest absolute Gasteiger partial charge is 0.312 e. The lowest BCUT2D eigenvalue weighted by Gasteiger charge is -2.25. The van der Waals surface area contributed by atoms with Crippen molar-refractivity contribution >= 4 is 26.5 Å². The van der Waals surface area contributed by atoms with Crippen LogP contribution in [0.5, 0.6) is 0 Å². The Kier molecular flexibility index (Phi) is 7.25. The van der Waals surface area contributed by atoms with E-state index in [1.807, 2.05) is 38.4 Å². The van der Waals surface area contributed by atoms with Crippen LogP contribution in [-0.2, 0) is 27.7 Å². The summed E-state index contributed by atoms with van der Waals surface area (Å²) in [6.45, 7) is 1.70. The van der Waals surface area contributed by atoms with E-state index in [4.69, 9.17) is 5.21 Å². The van der Waals surface area contributed by atoms with Crippen LogP contribution < -0.4 is 11.0 Å². The third-order valence-corrected chi connectivity index (χ3v) is 8.08. The number of halogens is 1. The molecule has 8 nitrogen and oxygen atoms in total. The zero-order valence-corrected chi connectivity index (χ0v) is 20.3. The van der Waals surface area contributed by atoms with Gasteiger partial charge in [0.25, 0.3) is 11.5 Å². The van der Waals surface area contributed by atoms with Crippen molar-refractivity contribution in [2.24, 2.45) is 0 Å². The van der Waals surface area contributed by atoms with E-state index >= 15 is 4.39 Å². The smallest absolute Gasteiger partial charge is 0.264 e. The lowest BCUT2D eigenvalue weighted by molar-refractivity contribution is -0.131. The quantitative estimate of drug-likeness (QED) is 0.372. The highest BCUT2D eigenvalue weighted by Gasteiger charge is 2.43. The number of benzene rings is 2. The zero-order chi connectivity index (χ0) is 25.3. The SMILES string of the molecule is CN(C)Cc1ccc(-c2ccc3c(=O)n(CCC(C)(C(=O)NO)S(C)(=O)=O)cc(F)c3c2)cc1. The standard InChI is InChI=1S/C24H28FN3O5S/c1-24(23(30)26-31,34(4,32)33)11-12-28-15-21(25)20-13-18(9-10-19(20)22(28)29)17-7-5-16(6-8-17)14-27(2)3/h5-10,13,15,31H,11-12,14H2,1-4H3,(H,26,30). The van der Waals surface area contributed by atoms with Crippen LogP contribution in [0.25, 0.3) is 21.9 Å². The third-order valence-electron chi connectivity index (χ3n) is 6.05. The van der Waals surface area contributed by atoms with E-state index in [1.165, 1.54) is 11.5 Å². The highest BCUT2D eigenvalue weighted by Crippen LogP contribution is 2.26. The summed E-state index contributed by atoms with van der Waals surface area (Å²) in [4.78, 5) is 27.0. The maximum Gasteiger partial charge on any atom is 0.264 e. The minimum Gasteiger partial charge on any atom is -0.312 e. The number of nitrogens with zero attached hydrogens (tertiary/aromatic N) is 2. The van der Waals surface area contributed by atoms with Gasteiger partial charge in [-0.1, -0.05) is 30.3 Å². The number of hydrogen-bond acceptors (Lipinski definition) is 6. The molecule has 10 heteroatoms. The van der Waals surface area contributed by atoms with E-state index in [2.05, 4.69) is 4.90 Å². The molecule has 1 heterocycles. The first kappa shape index (κ1) is 25.5. The Morgan fingerprint density at radius 1 is 1.12 bits per heavy atom. The van der Waals surface area contributed by atoms with Crippen LogP contribution in [0.15, 0.2) is 53.5 Å². The molecular formula is C24H28FN3O5S. The number of hydroxylamine groups is 1. The molecule has 182 valence electrons. The topological polar surface area (TPSA) is 109 Å². The second-order valence-electron chi connectivity index (χ2n) is 8.86. The first-order chi connectivity index (χ1) is 15.9. The van der Waals surface area contributed by atoms with Gasteiger partial charge in [0, 0.05) is 30.9 Å². The van der Waals surface area contributed by atoms with E-state index in [0.29, 0.717) is 0 Å². The van der Waals surface area contributed by atoms with E-state index in [0.717, 1.165) is 47.2 Å². The van der Waals surface area contributed by atoms with E-state index in [9.17, 15) is 18.0 Å². The highest BCUT2D eigenvalue weighted by atomic mass is 32.2. The van der Waals surface area contributed by atoms with Crippen LogP contribution in [0, 0.1) is 5.82 Å². The van der Waals surface area contributed by atoms with E-state index < -0.39 is 31.9 Å². The predicted molar refractivity (Wildman–Crippen MR) is 129 cm³/mol. The van der Waals surface area contributed by atoms with Crippen molar-refractivity contribution in [3.63, 3.8) is 0 Å². The number of carbonyl (C=O) groups is 1. The number of hydrogen-bond donors (Lipinski definition) is 2. The number of aromatic nitrogens is 1. The van der Waals surface area contributed by atoms with Crippen molar-refractivity contribution < 1.29 is 22.8 Å². The molecule has 1 aromatic heterocycles. The summed E-state index contributed by atoms with van der Waals surface area (Å²) in [6.07, 6.45) is 1.54. The van der Waals surface area contributed by atoms with Gasteiger partial charge in [-0.25, -0.2) is 18.3 Å². The van der Waals surface area contributed by atoms with Gasteiger partial charge in [-0.15, -0.1) is 0 Å². The van der Waals surface area contributed by atoms with Gasteiger partial charge in [0.1, 0.15) is 5.82 Å². The number of carbonyl (C=O) groups excluding carboxylic acids is 1. The van der Waals surface area contributed by atoms with Crippen LogP contribution in [0.4, 0.5) is 4.39 Å². The molecule has 2 N–H and O–H groups in total. The van der Waals surface area contributed by atoms with Gasteiger partial charge < -0.3 is 9.47 Å². The van der Waals surface area contributed by atoms with Gasteiger partial charge >= 0.3 is 0 Å². The van der Waals surface area contributed by atoms with Gasteiger partial charge in [-0.05, 0) is 56.3 Å². The van der Waals surface area contributed by atoms with E-state index in [-0.39, 0.29) is 23.7 Å². The Hall–Kier alpha value is -3.08. The lowest BCUT2D eigenvalue weighted by Crippen LogP contribution is -2.50. The highest BCUT2D eigenvalue weighted by molar-refractivity contribution is 7.92. The van der Waals surface area contributed by atoms with Gasteiger partial charge in [0.05, 0.1) is 5.39 Å². The van der Waals surface area contributed by atoms with Crippen LogP contribution in [-0.4, -0.2) is 54.1 Å². The minimum atomic E-state index is -3.94. The van der Waals surface area contributed by atoms with Gasteiger partial charge in [-0.3, -0.25) is 14.8 Å². The second-order valence-corrected chi connectivity index (χ2v) is 11.3. The van der Waals surface area contributed by atoms with E-state index in [1.54, 1.807) is 12.1 Å². The molecule has 0 aliphatic carbocycles. The molecule has 0 fully saturated rings. The molecule has 1 amide bonds. The van der Waals surface area contributed by atoms with Crippen LogP contribution in [0.1, 0.15) is 18.9 Å². The summed E-state index contributed by atoms with van der Waals surface area (Å²) in [6, 6.07) is 12.8. The number of pyridine rings is 1. The Labute approximate surface area is 197 Å². The van der Waals surface area contributed by atoms with Crippen molar-refractivity contribution in [1.29, 1.82) is 0 Å². The molecule has 0 bridgehead atoms. The van der Waals surface area contributed by atoms with Crippen molar-refractivity contribution in [2.45, 2.75) is 31.2 Å². The monoisotopic (exact) mass is 489 g/mol. The molecule has 0 aliphatic rings. The average molecular weight is 490 g/mol. The van der Waals surface area contributed by atoms with Gasteiger partial charge in [0.2, 0.25) is 0 Å². The summed E-state index contributed by atoms with van der Waals surface area (Å²) in [7, 11) is 0.0225. The van der Waals surface area contributed by atoms with Crippen molar-refractivity contribution in [2.75, 3.05) is 20.4 Å². The molecule has 3 rings (SSSR count). The molecule has 1 atom stereocenters. The summed E-state index contributed by atoms with van der Waals surface area (Å²) in [5.74, 6) is -1.76. The Balaban J connectivity index is 1.95. The fraction of sp³-hybridized carbons (Fsp3) is 0.333.